The van der Waals surface area contributed by atoms with Crippen molar-refractivity contribution in [2.75, 3.05) is 26.2 Å². The molecule has 1 aromatic carbocycles. The molecule has 1 saturated heterocycles. The highest BCUT2D eigenvalue weighted by molar-refractivity contribution is 14.1. The van der Waals surface area contributed by atoms with Gasteiger partial charge in [-0.15, -0.1) is 0 Å². The second-order valence-corrected chi connectivity index (χ2v) is 5.99. The number of rotatable bonds is 5. The normalized spacial score (nSPS) is 21.4. The molecule has 0 aromatic heterocycles. The molecule has 1 heterocycles. The molecule has 0 amide bonds. The molecule has 1 aromatic rings. The summed E-state index contributed by atoms with van der Waals surface area (Å²) in [6.07, 6.45) is 1.33. The number of hydrogen-bond donors (Lipinski definition) is 0. The van der Waals surface area contributed by atoms with Crippen LogP contribution in [0.15, 0.2) is 30.3 Å². The molecule has 1 unspecified atom stereocenters. The van der Waals surface area contributed by atoms with Crippen LogP contribution in [0.2, 0.25) is 0 Å². The molecule has 0 saturated carbocycles. The second kappa shape index (κ2) is 6.57. The lowest BCUT2D eigenvalue weighted by molar-refractivity contribution is 0.0994. The monoisotopic (exact) mass is 331 g/mol. The van der Waals surface area contributed by atoms with Crippen molar-refractivity contribution in [1.82, 2.24) is 4.90 Å². The van der Waals surface area contributed by atoms with Gasteiger partial charge >= 0.3 is 0 Å². The van der Waals surface area contributed by atoms with Crippen molar-refractivity contribution in [3.05, 3.63) is 35.9 Å². The van der Waals surface area contributed by atoms with Crippen LogP contribution in [0, 0.1) is 0 Å². The van der Waals surface area contributed by atoms with E-state index in [2.05, 4.69) is 51.8 Å². The summed E-state index contributed by atoms with van der Waals surface area (Å²) >= 11 is 2.54. The molecule has 2 nitrogen and oxygen atoms in total. The molecule has 0 N–H and O–H groups in total. The molecule has 88 valence electrons. The molecule has 1 fully saturated rings. The third kappa shape index (κ3) is 4.03. The van der Waals surface area contributed by atoms with E-state index in [0.717, 1.165) is 23.7 Å². The van der Waals surface area contributed by atoms with Crippen LogP contribution >= 0.6 is 22.6 Å². The van der Waals surface area contributed by atoms with Crippen molar-refractivity contribution < 1.29 is 4.74 Å². The maximum Gasteiger partial charge on any atom is 0.0717 e. The molecular weight excluding hydrogens is 313 g/mol. The van der Waals surface area contributed by atoms with Crippen molar-refractivity contribution >= 4 is 22.6 Å². The van der Waals surface area contributed by atoms with E-state index in [1.807, 2.05) is 6.07 Å². The molecule has 0 spiro atoms. The lowest BCUT2D eigenvalue weighted by atomic mass is 10.2. The lowest BCUT2D eigenvalue weighted by Crippen LogP contribution is -2.25. The van der Waals surface area contributed by atoms with Crippen LogP contribution in [0.3, 0.4) is 0 Å². The van der Waals surface area contributed by atoms with Gasteiger partial charge in [-0.25, -0.2) is 0 Å². The number of halogens is 1. The number of likely N-dealkylation sites (tertiary alicyclic amines) is 1. The molecule has 0 radical (unpaired) electrons. The van der Waals surface area contributed by atoms with E-state index in [4.69, 9.17) is 4.74 Å². The minimum Gasteiger partial charge on any atom is -0.375 e. The minimum absolute atomic E-state index is 0.738. The van der Waals surface area contributed by atoms with Crippen LogP contribution < -0.4 is 0 Å². The van der Waals surface area contributed by atoms with Crippen molar-refractivity contribution in [3.63, 3.8) is 0 Å². The highest BCUT2D eigenvalue weighted by atomic mass is 127. The van der Waals surface area contributed by atoms with Crippen LogP contribution in [0.1, 0.15) is 12.0 Å². The van der Waals surface area contributed by atoms with E-state index >= 15 is 0 Å². The largest absolute Gasteiger partial charge is 0.375 e. The van der Waals surface area contributed by atoms with E-state index in [0.29, 0.717) is 0 Å². The van der Waals surface area contributed by atoms with E-state index < -0.39 is 0 Å². The third-order valence-corrected chi connectivity index (χ3v) is 3.89. The molecule has 3 heteroatoms. The number of benzene rings is 1. The van der Waals surface area contributed by atoms with Gasteiger partial charge in [0.15, 0.2) is 0 Å². The van der Waals surface area contributed by atoms with Crippen molar-refractivity contribution in [2.45, 2.75) is 17.0 Å². The Morgan fingerprint density at radius 2 is 2.12 bits per heavy atom. The van der Waals surface area contributed by atoms with Gasteiger partial charge in [0.1, 0.15) is 0 Å². The first-order valence-corrected chi connectivity index (χ1v) is 7.07. The fourth-order valence-corrected chi connectivity index (χ4v) is 2.78. The van der Waals surface area contributed by atoms with Gasteiger partial charge in [-0.05, 0) is 18.5 Å². The number of hydrogen-bond acceptors (Lipinski definition) is 2. The van der Waals surface area contributed by atoms with Crippen LogP contribution in [0.5, 0.6) is 0 Å². The summed E-state index contributed by atoms with van der Waals surface area (Å²) in [6, 6.07) is 10.4. The first-order valence-electron chi connectivity index (χ1n) is 5.82. The van der Waals surface area contributed by atoms with Crippen molar-refractivity contribution in [1.29, 1.82) is 0 Å². The smallest absolute Gasteiger partial charge is 0.0717 e. The zero-order valence-corrected chi connectivity index (χ0v) is 11.6. The standard InChI is InChI=1S/C13H18INO/c14-13-6-7-15(10-13)8-9-16-11-12-4-2-1-3-5-12/h1-5,13H,6-11H2. The highest BCUT2D eigenvalue weighted by Gasteiger charge is 2.18. The summed E-state index contributed by atoms with van der Waals surface area (Å²) < 4.78 is 6.51. The van der Waals surface area contributed by atoms with Crippen LogP contribution in [0.4, 0.5) is 0 Å². The molecule has 1 aliphatic rings. The fourth-order valence-electron chi connectivity index (χ4n) is 1.95. The average Bonchev–Trinajstić information content (AvgIpc) is 2.72. The molecule has 2 rings (SSSR count). The molecule has 16 heavy (non-hydrogen) atoms. The van der Waals surface area contributed by atoms with Crippen LogP contribution in [-0.4, -0.2) is 35.1 Å². The fraction of sp³-hybridized carbons (Fsp3) is 0.538. The van der Waals surface area contributed by atoms with Crippen molar-refractivity contribution in [2.24, 2.45) is 0 Å². The summed E-state index contributed by atoms with van der Waals surface area (Å²) in [5.41, 5.74) is 1.26. The predicted molar refractivity (Wildman–Crippen MR) is 75.0 cm³/mol. The SMILES string of the molecule is IC1CCN(CCOCc2ccccc2)C1. The first kappa shape index (κ1) is 12.3. The Labute approximate surface area is 111 Å². The predicted octanol–water partition coefficient (Wildman–Crippen LogP) is 2.71. The van der Waals surface area contributed by atoms with Gasteiger partial charge in [0.05, 0.1) is 13.2 Å². The Bertz CT molecular complexity index is 304. The molecule has 0 bridgehead atoms. The maximum absolute atomic E-state index is 5.67. The van der Waals surface area contributed by atoms with Crippen molar-refractivity contribution in [3.8, 4) is 0 Å². The second-order valence-electron chi connectivity index (χ2n) is 4.22. The Morgan fingerprint density at radius 3 is 2.81 bits per heavy atom. The summed E-state index contributed by atoms with van der Waals surface area (Å²) in [5, 5.41) is 0. The van der Waals surface area contributed by atoms with Gasteiger partial charge in [-0.1, -0.05) is 52.9 Å². The molecular formula is C13H18INO. The first-order chi connectivity index (χ1) is 7.84. The quantitative estimate of drug-likeness (QED) is 0.467. The van der Waals surface area contributed by atoms with Gasteiger partial charge in [0, 0.05) is 17.0 Å². The Morgan fingerprint density at radius 1 is 1.31 bits per heavy atom. The Balaban J connectivity index is 1.59. The van der Waals surface area contributed by atoms with E-state index in [1.54, 1.807) is 0 Å². The van der Waals surface area contributed by atoms with Crippen LogP contribution in [0.25, 0.3) is 0 Å². The lowest BCUT2D eigenvalue weighted by Gasteiger charge is -2.14. The van der Waals surface area contributed by atoms with Gasteiger partial charge in [0.25, 0.3) is 0 Å². The maximum atomic E-state index is 5.67. The minimum atomic E-state index is 0.738. The summed E-state index contributed by atoms with van der Waals surface area (Å²) in [6.45, 7) is 5.13. The molecule has 1 atom stereocenters. The van der Waals surface area contributed by atoms with E-state index in [1.165, 1.54) is 25.1 Å². The average molecular weight is 331 g/mol. The van der Waals surface area contributed by atoms with Crippen LogP contribution in [-0.2, 0) is 11.3 Å². The van der Waals surface area contributed by atoms with E-state index in [-0.39, 0.29) is 0 Å². The van der Waals surface area contributed by atoms with Gasteiger partial charge < -0.3 is 4.74 Å². The highest BCUT2D eigenvalue weighted by Crippen LogP contribution is 2.16. The number of alkyl halides is 1. The summed E-state index contributed by atoms with van der Waals surface area (Å²) in [4.78, 5) is 2.49. The number of nitrogens with zero attached hydrogens (tertiary/aromatic N) is 1. The molecule has 0 aliphatic carbocycles. The summed E-state index contributed by atoms with van der Waals surface area (Å²) in [5.74, 6) is 0. The van der Waals surface area contributed by atoms with Gasteiger partial charge in [0.2, 0.25) is 0 Å². The van der Waals surface area contributed by atoms with E-state index in [9.17, 15) is 0 Å². The van der Waals surface area contributed by atoms with Gasteiger partial charge in [-0.3, -0.25) is 4.90 Å². The van der Waals surface area contributed by atoms with Gasteiger partial charge in [-0.2, -0.15) is 0 Å². The topological polar surface area (TPSA) is 12.5 Å². The molecule has 1 aliphatic heterocycles. The Kier molecular flexibility index (Phi) is 5.06. The Hall–Kier alpha value is -0.130. The zero-order chi connectivity index (χ0) is 11.2. The summed E-state index contributed by atoms with van der Waals surface area (Å²) in [7, 11) is 0. The zero-order valence-electron chi connectivity index (χ0n) is 9.44. The third-order valence-electron chi connectivity index (χ3n) is 2.88. The number of ether oxygens (including phenoxy) is 1.